The molecule has 2 rings (SSSR count). The molecule has 0 unspecified atom stereocenters. The third-order valence-electron chi connectivity index (χ3n) is 2.89. The van der Waals surface area contributed by atoms with Gasteiger partial charge in [0.25, 0.3) is 0 Å². The molecule has 2 aromatic heterocycles. The highest BCUT2D eigenvalue weighted by atomic mass is 35.5. The number of nitrogens with zero attached hydrogens (tertiary/aromatic N) is 3. The molecule has 2 heterocycles. The van der Waals surface area contributed by atoms with E-state index in [4.69, 9.17) is 16.3 Å². The van der Waals surface area contributed by atoms with Gasteiger partial charge in [-0.2, -0.15) is 5.10 Å². The van der Waals surface area contributed by atoms with Crippen molar-refractivity contribution in [1.29, 1.82) is 0 Å². The molecule has 18 heavy (non-hydrogen) atoms. The Morgan fingerprint density at radius 2 is 2.17 bits per heavy atom. The minimum atomic E-state index is -0.927. The summed E-state index contributed by atoms with van der Waals surface area (Å²) in [7, 11) is 0. The summed E-state index contributed by atoms with van der Waals surface area (Å²) < 4.78 is 7.27. The van der Waals surface area contributed by atoms with Gasteiger partial charge in [0.05, 0.1) is 23.7 Å². The molecule has 0 saturated heterocycles. The summed E-state index contributed by atoms with van der Waals surface area (Å²) in [4.78, 5) is 4.33. The van der Waals surface area contributed by atoms with E-state index in [0.717, 1.165) is 0 Å². The number of hydrogen-bond donors (Lipinski definition) is 1. The number of aromatic nitrogens is 3. The van der Waals surface area contributed by atoms with Crippen LogP contribution in [0.2, 0.25) is 5.02 Å². The van der Waals surface area contributed by atoms with Crippen LogP contribution in [0.5, 0.6) is 5.75 Å². The molecule has 0 aliphatic carbocycles. The highest BCUT2D eigenvalue weighted by Crippen LogP contribution is 2.23. The minimum absolute atomic E-state index is 0.360. The van der Waals surface area contributed by atoms with E-state index in [1.165, 1.54) is 6.20 Å². The highest BCUT2D eigenvalue weighted by molar-refractivity contribution is 6.33. The standard InChI is InChI=1S/C12H16ClN3O2/c1-7-10(18-8(2)12(3,4)17)6-16-11(15-7)9(13)5-14-16/h5-6,8,17H,1-4H3/t8-/m0/s1. The molecule has 0 aromatic carbocycles. The van der Waals surface area contributed by atoms with Crippen molar-refractivity contribution in [2.45, 2.75) is 39.4 Å². The summed E-state index contributed by atoms with van der Waals surface area (Å²) in [6.07, 6.45) is 2.89. The van der Waals surface area contributed by atoms with Crippen molar-refractivity contribution in [2.75, 3.05) is 0 Å². The average molecular weight is 270 g/mol. The summed E-state index contributed by atoms with van der Waals surface area (Å²) in [6, 6.07) is 0. The second-order valence-corrected chi connectivity index (χ2v) is 5.27. The third kappa shape index (κ3) is 2.42. The predicted octanol–water partition coefficient (Wildman–Crippen LogP) is 2.23. The van der Waals surface area contributed by atoms with Crippen molar-refractivity contribution in [3.05, 3.63) is 23.1 Å². The molecule has 0 bridgehead atoms. The first-order valence-corrected chi connectivity index (χ1v) is 6.06. The molecule has 0 aliphatic heterocycles. The Bertz CT molecular complexity index is 574. The van der Waals surface area contributed by atoms with Gasteiger partial charge in [-0.05, 0) is 27.7 Å². The number of ether oxygens (including phenoxy) is 1. The predicted molar refractivity (Wildman–Crippen MR) is 69.1 cm³/mol. The normalized spacial score (nSPS) is 13.9. The van der Waals surface area contributed by atoms with Crippen LogP contribution in [-0.2, 0) is 0 Å². The zero-order chi connectivity index (χ0) is 13.5. The van der Waals surface area contributed by atoms with Gasteiger partial charge in [-0.3, -0.25) is 0 Å². The van der Waals surface area contributed by atoms with Crippen molar-refractivity contribution in [3.8, 4) is 5.75 Å². The van der Waals surface area contributed by atoms with Crippen molar-refractivity contribution >= 4 is 17.2 Å². The van der Waals surface area contributed by atoms with Crippen LogP contribution in [0.25, 0.3) is 5.65 Å². The molecule has 1 N–H and O–H groups in total. The quantitative estimate of drug-likeness (QED) is 0.928. The van der Waals surface area contributed by atoms with Crippen molar-refractivity contribution in [3.63, 3.8) is 0 Å². The number of rotatable bonds is 3. The fourth-order valence-corrected chi connectivity index (χ4v) is 1.58. The lowest BCUT2D eigenvalue weighted by Gasteiger charge is -2.26. The van der Waals surface area contributed by atoms with Crippen LogP contribution in [0, 0.1) is 6.92 Å². The smallest absolute Gasteiger partial charge is 0.174 e. The van der Waals surface area contributed by atoms with E-state index in [-0.39, 0.29) is 6.10 Å². The number of aryl methyl sites for hydroxylation is 1. The van der Waals surface area contributed by atoms with Crippen LogP contribution < -0.4 is 4.74 Å². The molecular weight excluding hydrogens is 254 g/mol. The zero-order valence-corrected chi connectivity index (χ0v) is 11.6. The van der Waals surface area contributed by atoms with Gasteiger partial charge < -0.3 is 9.84 Å². The SMILES string of the molecule is Cc1nc2c(Cl)cnn2cc1O[C@@H](C)C(C)(C)O. The van der Waals surface area contributed by atoms with E-state index in [1.807, 2.05) is 6.92 Å². The minimum Gasteiger partial charge on any atom is -0.484 e. The van der Waals surface area contributed by atoms with Gasteiger partial charge >= 0.3 is 0 Å². The molecule has 0 aliphatic rings. The average Bonchev–Trinajstić information content (AvgIpc) is 2.59. The molecule has 0 fully saturated rings. The van der Waals surface area contributed by atoms with Crippen LogP contribution in [0.4, 0.5) is 0 Å². The van der Waals surface area contributed by atoms with E-state index in [2.05, 4.69) is 10.1 Å². The Morgan fingerprint density at radius 1 is 1.50 bits per heavy atom. The number of hydrogen-bond acceptors (Lipinski definition) is 4. The van der Waals surface area contributed by atoms with E-state index in [9.17, 15) is 5.11 Å². The molecule has 0 saturated carbocycles. The van der Waals surface area contributed by atoms with Crippen LogP contribution in [0.3, 0.4) is 0 Å². The van der Waals surface area contributed by atoms with Gasteiger partial charge in [0.1, 0.15) is 11.1 Å². The van der Waals surface area contributed by atoms with Gasteiger partial charge in [-0.15, -0.1) is 0 Å². The maximum Gasteiger partial charge on any atom is 0.174 e. The number of fused-ring (bicyclic) bond motifs is 1. The van der Waals surface area contributed by atoms with Crippen LogP contribution in [0.1, 0.15) is 26.5 Å². The molecule has 0 radical (unpaired) electrons. The lowest BCUT2D eigenvalue weighted by molar-refractivity contribution is -0.0247. The highest BCUT2D eigenvalue weighted by Gasteiger charge is 2.25. The first-order chi connectivity index (χ1) is 8.29. The molecule has 0 amide bonds. The fourth-order valence-electron chi connectivity index (χ4n) is 1.40. The summed E-state index contributed by atoms with van der Waals surface area (Å²) in [5.41, 5.74) is 0.377. The Kier molecular flexibility index (Phi) is 3.21. The Labute approximate surface area is 110 Å². The van der Waals surface area contributed by atoms with Gasteiger partial charge in [0.2, 0.25) is 0 Å². The molecule has 6 heteroatoms. The Balaban J connectivity index is 2.37. The molecule has 2 aromatic rings. The summed E-state index contributed by atoms with van der Waals surface area (Å²) in [5.74, 6) is 0.580. The van der Waals surface area contributed by atoms with Crippen LogP contribution in [0.15, 0.2) is 12.4 Å². The number of aliphatic hydroxyl groups is 1. The van der Waals surface area contributed by atoms with Gasteiger partial charge in [0.15, 0.2) is 11.4 Å². The van der Waals surface area contributed by atoms with Gasteiger partial charge in [-0.25, -0.2) is 9.50 Å². The lowest BCUT2D eigenvalue weighted by atomic mass is 10.0. The molecule has 0 spiro atoms. The largest absolute Gasteiger partial charge is 0.484 e. The van der Waals surface area contributed by atoms with Crippen LogP contribution >= 0.6 is 11.6 Å². The summed E-state index contributed by atoms with van der Waals surface area (Å²) >= 11 is 5.95. The van der Waals surface area contributed by atoms with Crippen molar-refractivity contribution in [2.24, 2.45) is 0 Å². The van der Waals surface area contributed by atoms with Crippen molar-refractivity contribution < 1.29 is 9.84 Å². The molecule has 1 atom stereocenters. The second-order valence-electron chi connectivity index (χ2n) is 4.86. The fraction of sp³-hybridized carbons (Fsp3) is 0.500. The Morgan fingerprint density at radius 3 is 2.78 bits per heavy atom. The third-order valence-corrected chi connectivity index (χ3v) is 3.16. The van der Waals surface area contributed by atoms with E-state index < -0.39 is 5.60 Å². The van der Waals surface area contributed by atoms with Crippen LogP contribution in [-0.4, -0.2) is 31.4 Å². The summed E-state index contributed by atoms with van der Waals surface area (Å²) in [5, 5.41) is 14.4. The maximum absolute atomic E-state index is 9.87. The Hall–Kier alpha value is -1.33. The zero-order valence-electron chi connectivity index (χ0n) is 10.8. The van der Waals surface area contributed by atoms with Crippen molar-refractivity contribution in [1.82, 2.24) is 14.6 Å². The molecule has 98 valence electrons. The molecular formula is C12H16ClN3O2. The summed E-state index contributed by atoms with van der Waals surface area (Å²) in [6.45, 7) is 7.03. The van der Waals surface area contributed by atoms with E-state index in [0.29, 0.717) is 22.1 Å². The van der Waals surface area contributed by atoms with Gasteiger partial charge in [-0.1, -0.05) is 11.6 Å². The first kappa shape index (κ1) is 13.1. The maximum atomic E-state index is 9.87. The molecule has 5 nitrogen and oxygen atoms in total. The lowest BCUT2D eigenvalue weighted by Crippen LogP contribution is -2.38. The number of halogens is 1. The first-order valence-electron chi connectivity index (χ1n) is 5.68. The monoisotopic (exact) mass is 269 g/mol. The van der Waals surface area contributed by atoms with E-state index in [1.54, 1.807) is 31.5 Å². The second kappa shape index (κ2) is 4.40. The topological polar surface area (TPSA) is 59.7 Å². The van der Waals surface area contributed by atoms with E-state index >= 15 is 0 Å². The van der Waals surface area contributed by atoms with Gasteiger partial charge in [0, 0.05) is 0 Å².